The van der Waals surface area contributed by atoms with E-state index in [0.29, 0.717) is 0 Å². The van der Waals surface area contributed by atoms with Gasteiger partial charge in [-0.1, -0.05) is 170 Å². The SMILES string of the molecule is C=C(C(=C(C)C)c1ccccc1C)c1cccc(-c2nc(-c3ccccc3)nc3c2sc2ccccc23)c1.C=C(C)c1ccc(-c2ccccc2)cc1. The molecule has 53 heavy (non-hydrogen) atoms. The molecule has 0 spiro atoms. The van der Waals surface area contributed by atoms with Crippen molar-refractivity contribution in [3.8, 4) is 33.8 Å². The van der Waals surface area contributed by atoms with Crippen LogP contribution in [0.1, 0.15) is 43.0 Å². The summed E-state index contributed by atoms with van der Waals surface area (Å²) in [4.78, 5) is 10.2. The van der Waals surface area contributed by atoms with Crippen molar-refractivity contribution in [1.82, 2.24) is 9.97 Å². The Balaban J connectivity index is 0.000000242. The Labute approximate surface area is 317 Å². The predicted octanol–water partition coefficient (Wildman–Crippen LogP) is 14.4. The van der Waals surface area contributed by atoms with Gasteiger partial charge in [-0.2, -0.15) is 0 Å². The molecule has 0 fully saturated rings. The largest absolute Gasteiger partial charge is 0.226 e. The van der Waals surface area contributed by atoms with Crippen LogP contribution in [0.4, 0.5) is 0 Å². The van der Waals surface area contributed by atoms with Gasteiger partial charge in [-0.3, -0.25) is 0 Å². The van der Waals surface area contributed by atoms with Gasteiger partial charge in [-0.05, 0) is 84.4 Å². The number of rotatable bonds is 7. The molecule has 0 radical (unpaired) electrons. The number of hydrogen-bond donors (Lipinski definition) is 0. The lowest BCUT2D eigenvalue weighted by Gasteiger charge is -2.17. The standard InChI is InChI=1S/C35H28N2S.C15H14/c1-22(2)31(28-18-9-8-13-23(28)3)24(4)26-16-12-17-27(21-26)32-34-33(29-19-10-11-20-30(29)38-34)37-35(36-32)25-14-6-5-7-15-25;1-12(2)13-8-10-15(11-9-13)14-6-4-3-5-7-14/h5-21H,4H2,1-3H3;3-11H,1H2,2H3. The second-order valence-corrected chi connectivity index (χ2v) is 14.6. The lowest BCUT2D eigenvalue weighted by Crippen LogP contribution is -1.96. The maximum absolute atomic E-state index is 5.15. The smallest absolute Gasteiger partial charge is 0.160 e. The molecule has 2 heterocycles. The van der Waals surface area contributed by atoms with Crippen molar-refractivity contribution in [3.05, 3.63) is 199 Å². The van der Waals surface area contributed by atoms with E-state index in [1.807, 2.05) is 31.2 Å². The third-order valence-electron chi connectivity index (χ3n) is 9.44. The van der Waals surface area contributed by atoms with Crippen LogP contribution in [0.2, 0.25) is 0 Å². The monoisotopic (exact) mass is 702 g/mol. The molecule has 0 atom stereocenters. The summed E-state index contributed by atoms with van der Waals surface area (Å²) in [6.07, 6.45) is 0. The highest BCUT2D eigenvalue weighted by Crippen LogP contribution is 2.41. The van der Waals surface area contributed by atoms with E-state index >= 15 is 0 Å². The van der Waals surface area contributed by atoms with Crippen LogP contribution in [0.5, 0.6) is 0 Å². The molecule has 3 heteroatoms. The van der Waals surface area contributed by atoms with Gasteiger partial charge in [-0.25, -0.2) is 9.97 Å². The minimum absolute atomic E-state index is 0.741. The van der Waals surface area contributed by atoms with Crippen LogP contribution in [-0.4, -0.2) is 9.97 Å². The van der Waals surface area contributed by atoms with E-state index in [-0.39, 0.29) is 0 Å². The van der Waals surface area contributed by atoms with Crippen molar-refractivity contribution in [2.24, 2.45) is 0 Å². The number of benzene rings is 6. The summed E-state index contributed by atoms with van der Waals surface area (Å²) in [5, 5.41) is 1.17. The first kappa shape index (κ1) is 35.3. The highest BCUT2D eigenvalue weighted by molar-refractivity contribution is 7.26. The van der Waals surface area contributed by atoms with E-state index in [1.165, 1.54) is 49.0 Å². The van der Waals surface area contributed by atoms with Crippen LogP contribution in [-0.2, 0) is 0 Å². The van der Waals surface area contributed by atoms with Gasteiger partial charge in [0.2, 0.25) is 0 Å². The fourth-order valence-electron chi connectivity index (χ4n) is 6.67. The number of hydrogen-bond acceptors (Lipinski definition) is 3. The van der Waals surface area contributed by atoms with E-state index in [2.05, 4.69) is 167 Å². The molecule has 8 rings (SSSR count). The van der Waals surface area contributed by atoms with Gasteiger partial charge in [-0.15, -0.1) is 11.3 Å². The molecule has 6 aromatic carbocycles. The summed E-state index contributed by atoms with van der Waals surface area (Å²) in [6, 6.07) is 54.8. The Morgan fingerprint density at radius 3 is 1.83 bits per heavy atom. The first-order chi connectivity index (χ1) is 25.8. The molecule has 0 saturated heterocycles. The highest BCUT2D eigenvalue weighted by Gasteiger charge is 2.18. The zero-order valence-electron chi connectivity index (χ0n) is 30.7. The molecular weight excluding hydrogens is 661 g/mol. The molecule has 0 aliphatic heterocycles. The molecule has 258 valence electrons. The normalized spacial score (nSPS) is 10.8. The zero-order valence-corrected chi connectivity index (χ0v) is 31.5. The molecule has 0 aliphatic rings. The molecule has 0 saturated carbocycles. The van der Waals surface area contributed by atoms with Gasteiger partial charge >= 0.3 is 0 Å². The molecule has 0 aliphatic carbocycles. The van der Waals surface area contributed by atoms with Crippen molar-refractivity contribution in [2.45, 2.75) is 27.7 Å². The summed E-state index contributed by atoms with van der Waals surface area (Å²) >= 11 is 1.75. The summed E-state index contributed by atoms with van der Waals surface area (Å²) in [7, 11) is 0. The summed E-state index contributed by atoms with van der Waals surface area (Å²) in [5.74, 6) is 0.741. The van der Waals surface area contributed by atoms with Crippen molar-refractivity contribution < 1.29 is 0 Å². The van der Waals surface area contributed by atoms with E-state index < -0.39 is 0 Å². The second kappa shape index (κ2) is 15.6. The Morgan fingerprint density at radius 2 is 1.15 bits per heavy atom. The van der Waals surface area contributed by atoms with Gasteiger partial charge in [0.1, 0.15) is 0 Å². The minimum Gasteiger partial charge on any atom is -0.226 e. The number of aryl methyl sites for hydroxylation is 1. The third-order valence-corrected chi connectivity index (χ3v) is 10.6. The van der Waals surface area contributed by atoms with Gasteiger partial charge in [0.05, 0.1) is 15.9 Å². The van der Waals surface area contributed by atoms with Crippen molar-refractivity contribution in [2.75, 3.05) is 0 Å². The lowest BCUT2D eigenvalue weighted by molar-refractivity contribution is 1.24. The Morgan fingerprint density at radius 1 is 0.547 bits per heavy atom. The summed E-state index contributed by atoms with van der Waals surface area (Å²) in [6.45, 7) is 17.0. The van der Waals surface area contributed by atoms with Crippen LogP contribution in [0.15, 0.2) is 176 Å². The quantitative estimate of drug-likeness (QED) is 0.155. The second-order valence-electron chi connectivity index (χ2n) is 13.5. The minimum atomic E-state index is 0.741. The van der Waals surface area contributed by atoms with Crippen LogP contribution in [0.25, 0.3) is 70.8 Å². The maximum Gasteiger partial charge on any atom is 0.160 e. The number of aromatic nitrogens is 2. The average Bonchev–Trinajstić information content (AvgIpc) is 3.58. The van der Waals surface area contributed by atoms with Gasteiger partial charge in [0, 0.05) is 21.2 Å². The number of nitrogens with zero attached hydrogens (tertiary/aromatic N) is 2. The van der Waals surface area contributed by atoms with Crippen molar-refractivity contribution in [3.63, 3.8) is 0 Å². The molecule has 0 unspecified atom stereocenters. The first-order valence-corrected chi connectivity index (χ1v) is 18.7. The molecule has 8 aromatic rings. The van der Waals surface area contributed by atoms with Crippen LogP contribution < -0.4 is 0 Å². The lowest BCUT2D eigenvalue weighted by atomic mass is 9.87. The Bertz CT molecular complexity index is 2610. The third kappa shape index (κ3) is 7.58. The van der Waals surface area contributed by atoms with Gasteiger partial charge < -0.3 is 0 Å². The summed E-state index contributed by atoms with van der Waals surface area (Å²) < 4.78 is 2.32. The molecule has 2 nitrogen and oxygen atoms in total. The average molecular weight is 703 g/mol. The van der Waals surface area contributed by atoms with Gasteiger partial charge in [0.25, 0.3) is 0 Å². The highest BCUT2D eigenvalue weighted by atomic mass is 32.1. The molecule has 2 aromatic heterocycles. The number of fused-ring (bicyclic) bond motifs is 3. The van der Waals surface area contributed by atoms with E-state index in [9.17, 15) is 0 Å². The predicted molar refractivity (Wildman–Crippen MR) is 231 cm³/mol. The topological polar surface area (TPSA) is 25.8 Å². The van der Waals surface area contributed by atoms with E-state index in [4.69, 9.17) is 9.97 Å². The molecule has 0 amide bonds. The van der Waals surface area contributed by atoms with Gasteiger partial charge in [0.15, 0.2) is 5.82 Å². The van der Waals surface area contributed by atoms with Crippen LogP contribution >= 0.6 is 11.3 Å². The van der Waals surface area contributed by atoms with Crippen molar-refractivity contribution in [1.29, 1.82) is 0 Å². The Hall–Kier alpha value is -6.16. The Kier molecular flexibility index (Phi) is 10.4. The molecule has 0 N–H and O–H groups in total. The number of thiophene rings is 1. The number of allylic oxidation sites excluding steroid dienone is 4. The zero-order chi connectivity index (χ0) is 36.9. The first-order valence-electron chi connectivity index (χ1n) is 17.9. The van der Waals surface area contributed by atoms with Crippen LogP contribution in [0, 0.1) is 6.92 Å². The van der Waals surface area contributed by atoms with E-state index in [1.54, 1.807) is 11.3 Å². The van der Waals surface area contributed by atoms with E-state index in [0.717, 1.165) is 49.6 Å². The molecular formula is C50H42N2S. The summed E-state index contributed by atoms with van der Waals surface area (Å²) in [5.41, 5.74) is 15.9. The fraction of sp³-hybridized carbons (Fsp3) is 0.0800. The van der Waals surface area contributed by atoms with Crippen LogP contribution in [0.3, 0.4) is 0 Å². The molecule has 0 bridgehead atoms. The maximum atomic E-state index is 5.15. The van der Waals surface area contributed by atoms with Crippen molar-refractivity contribution >= 4 is 48.4 Å². The fourth-order valence-corrected chi connectivity index (χ4v) is 7.82.